The first-order valence-electron chi connectivity index (χ1n) is 7.62. The number of hydrogen-bond donors (Lipinski definition) is 2. The predicted molar refractivity (Wildman–Crippen MR) is 90.3 cm³/mol. The van der Waals surface area contributed by atoms with Crippen molar-refractivity contribution in [3.63, 3.8) is 0 Å². The number of anilines is 2. The van der Waals surface area contributed by atoms with Gasteiger partial charge in [0, 0.05) is 38.8 Å². The molecule has 0 atom stereocenters. The quantitative estimate of drug-likeness (QED) is 0.729. The Morgan fingerprint density at radius 3 is 2.69 bits per heavy atom. The number of nitrogens with zero attached hydrogens (tertiary/aromatic N) is 3. The number of carbonyl (C=O) groups excluding carboxylic acids is 1. The lowest BCUT2D eigenvalue weighted by molar-refractivity contribution is -0.274. The van der Waals surface area contributed by atoms with Gasteiger partial charge in [-0.2, -0.15) is 5.10 Å². The monoisotopic (exact) mass is 369 g/mol. The lowest BCUT2D eigenvalue weighted by atomic mass is 10.2. The first kappa shape index (κ1) is 19.3. The van der Waals surface area contributed by atoms with Gasteiger partial charge in [-0.25, -0.2) is 0 Å². The fourth-order valence-corrected chi connectivity index (χ4v) is 1.99. The van der Waals surface area contributed by atoms with Gasteiger partial charge in [0.1, 0.15) is 5.75 Å². The van der Waals surface area contributed by atoms with Gasteiger partial charge in [-0.1, -0.05) is 6.07 Å². The fourth-order valence-electron chi connectivity index (χ4n) is 1.99. The number of hydrogen-bond acceptors (Lipinski definition) is 6. The Hall–Kier alpha value is -3.04. The molecule has 0 saturated heterocycles. The highest BCUT2D eigenvalue weighted by atomic mass is 19.4. The van der Waals surface area contributed by atoms with E-state index >= 15 is 0 Å². The second kappa shape index (κ2) is 8.37. The summed E-state index contributed by atoms with van der Waals surface area (Å²) >= 11 is 0. The lowest BCUT2D eigenvalue weighted by Gasteiger charge is -2.13. The Labute approximate surface area is 148 Å². The summed E-state index contributed by atoms with van der Waals surface area (Å²) < 4.78 is 40.4. The molecule has 0 aliphatic heterocycles. The molecule has 1 amide bonds. The van der Waals surface area contributed by atoms with Crippen LogP contribution >= 0.6 is 0 Å². The predicted octanol–water partition coefficient (Wildman–Crippen LogP) is 2.28. The van der Waals surface area contributed by atoms with Crippen molar-refractivity contribution in [2.24, 2.45) is 0 Å². The van der Waals surface area contributed by atoms with E-state index in [1.807, 2.05) is 19.0 Å². The highest BCUT2D eigenvalue weighted by molar-refractivity contribution is 5.94. The molecule has 1 aromatic heterocycles. The topological polar surface area (TPSA) is 79.4 Å². The number of aromatic nitrogens is 2. The number of nitrogens with one attached hydrogen (secondary N) is 2. The van der Waals surface area contributed by atoms with E-state index in [0.717, 1.165) is 17.8 Å². The van der Waals surface area contributed by atoms with E-state index in [1.165, 1.54) is 12.1 Å². The van der Waals surface area contributed by atoms with Crippen LogP contribution < -0.4 is 20.3 Å². The van der Waals surface area contributed by atoms with Crippen LogP contribution in [0.25, 0.3) is 0 Å². The van der Waals surface area contributed by atoms with Gasteiger partial charge in [0.15, 0.2) is 5.82 Å². The Kier molecular flexibility index (Phi) is 6.21. The maximum absolute atomic E-state index is 12.2. The van der Waals surface area contributed by atoms with Crippen LogP contribution in [0.5, 0.6) is 5.75 Å². The number of ether oxygens (including phenoxy) is 1. The van der Waals surface area contributed by atoms with Crippen molar-refractivity contribution in [3.05, 3.63) is 42.1 Å². The third kappa shape index (κ3) is 6.11. The molecule has 2 rings (SSSR count). The molecule has 0 unspecified atom stereocenters. The molecule has 0 fully saturated rings. The van der Waals surface area contributed by atoms with Crippen LogP contribution in [0.1, 0.15) is 10.4 Å². The van der Waals surface area contributed by atoms with Crippen molar-refractivity contribution in [2.75, 3.05) is 37.4 Å². The van der Waals surface area contributed by atoms with Crippen molar-refractivity contribution in [1.82, 2.24) is 15.5 Å². The molecule has 0 saturated carbocycles. The number of amides is 1. The molecular formula is C16H18F3N5O2. The fraction of sp³-hybridized carbons (Fsp3) is 0.312. The van der Waals surface area contributed by atoms with E-state index in [9.17, 15) is 18.0 Å². The summed E-state index contributed by atoms with van der Waals surface area (Å²) in [4.78, 5) is 13.9. The standard InChI is InChI=1S/C16H18F3N5O2/c1-24(2)12-9-14(23-22-10-12)20-6-7-21-15(25)11-4-3-5-13(8-11)26-16(17,18)19/h3-5,8-10H,6-7H2,1-2H3,(H,20,23)(H,21,25). The lowest BCUT2D eigenvalue weighted by Crippen LogP contribution is -2.29. The Morgan fingerprint density at radius 2 is 2.00 bits per heavy atom. The molecule has 0 aliphatic rings. The highest BCUT2D eigenvalue weighted by Crippen LogP contribution is 2.23. The van der Waals surface area contributed by atoms with Crippen LogP contribution in [-0.4, -0.2) is 49.7 Å². The summed E-state index contributed by atoms with van der Waals surface area (Å²) in [5.41, 5.74) is 0.939. The van der Waals surface area contributed by atoms with Crippen molar-refractivity contribution in [3.8, 4) is 5.75 Å². The summed E-state index contributed by atoms with van der Waals surface area (Å²) in [6.45, 7) is 0.618. The van der Waals surface area contributed by atoms with Crippen LogP contribution in [0.2, 0.25) is 0 Å². The second-order valence-electron chi connectivity index (χ2n) is 5.45. The number of halogens is 3. The maximum Gasteiger partial charge on any atom is 0.573 e. The molecule has 2 aromatic rings. The number of alkyl halides is 3. The average Bonchev–Trinajstić information content (AvgIpc) is 2.57. The zero-order chi connectivity index (χ0) is 19.2. The molecule has 1 aromatic carbocycles. The molecule has 26 heavy (non-hydrogen) atoms. The molecule has 140 valence electrons. The third-order valence-corrected chi connectivity index (χ3v) is 3.20. The molecule has 0 spiro atoms. The van der Waals surface area contributed by atoms with E-state index < -0.39 is 18.0 Å². The zero-order valence-corrected chi connectivity index (χ0v) is 14.2. The summed E-state index contributed by atoms with van der Waals surface area (Å²) in [7, 11) is 3.75. The molecule has 0 aliphatic carbocycles. The largest absolute Gasteiger partial charge is 0.573 e. The van der Waals surface area contributed by atoms with Crippen molar-refractivity contribution in [2.45, 2.75) is 6.36 Å². The SMILES string of the molecule is CN(C)c1cnnc(NCCNC(=O)c2cccc(OC(F)(F)F)c2)c1. The van der Waals surface area contributed by atoms with E-state index in [4.69, 9.17) is 0 Å². The number of rotatable bonds is 7. The van der Waals surface area contributed by atoms with Crippen molar-refractivity contribution < 1.29 is 22.7 Å². The first-order chi connectivity index (χ1) is 12.2. The average molecular weight is 369 g/mol. The molecular weight excluding hydrogens is 351 g/mol. The highest BCUT2D eigenvalue weighted by Gasteiger charge is 2.31. The van der Waals surface area contributed by atoms with Crippen LogP contribution in [-0.2, 0) is 0 Å². The summed E-state index contributed by atoms with van der Waals surface area (Å²) in [6, 6.07) is 6.67. The van der Waals surface area contributed by atoms with Crippen LogP contribution in [0, 0.1) is 0 Å². The van der Waals surface area contributed by atoms with E-state index in [1.54, 1.807) is 12.3 Å². The van der Waals surface area contributed by atoms with Gasteiger partial charge in [0.25, 0.3) is 5.91 Å². The Balaban J connectivity index is 1.84. The van der Waals surface area contributed by atoms with Gasteiger partial charge >= 0.3 is 6.36 Å². The summed E-state index contributed by atoms with van der Waals surface area (Å²) in [5, 5.41) is 13.4. The van der Waals surface area contributed by atoms with Gasteiger partial charge in [0.2, 0.25) is 0 Å². The molecule has 1 heterocycles. The van der Waals surface area contributed by atoms with Gasteiger partial charge in [-0.15, -0.1) is 18.3 Å². The second-order valence-corrected chi connectivity index (χ2v) is 5.45. The summed E-state index contributed by atoms with van der Waals surface area (Å²) in [6.07, 6.45) is -3.19. The van der Waals surface area contributed by atoms with E-state index in [0.29, 0.717) is 12.4 Å². The molecule has 0 radical (unpaired) electrons. The molecule has 0 bridgehead atoms. The normalized spacial score (nSPS) is 11.0. The van der Waals surface area contributed by atoms with E-state index in [2.05, 4.69) is 25.6 Å². The zero-order valence-electron chi connectivity index (χ0n) is 14.2. The first-order valence-corrected chi connectivity index (χ1v) is 7.62. The van der Waals surface area contributed by atoms with Gasteiger partial charge in [-0.3, -0.25) is 4.79 Å². The Morgan fingerprint density at radius 1 is 1.23 bits per heavy atom. The van der Waals surface area contributed by atoms with Gasteiger partial charge in [-0.05, 0) is 18.2 Å². The van der Waals surface area contributed by atoms with Gasteiger partial charge in [0.05, 0.1) is 11.9 Å². The van der Waals surface area contributed by atoms with Crippen LogP contribution in [0.3, 0.4) is 0 Å². The molecule has 10 heteroatoms. The maximum atomic E-state index is 12.2. The number of carbonyl (C=O) groups is 1. The minimum atomic E-state index is -4.80. The summed E-state index contributed by atoms with van der Waals surface area (Å²) in [5.74, 6) is -0.405. The number of benzene rings is 1. The molecule has 2 N–H and O–H groups in total. The van der Waals surface area contributed by atoms with Crippen LogP contribution in [0.15, 0.2) is 36.5 Å². The minimum Gasteiger partial charge on any atom is -0.406 e. The third-order valence-electron chi connectivity index (χ3n) is 3.20. The van der Waals surface area contributed by atoms with Crippen molar-refractivity contribution in [1.29, 1.82) is 0 Å². The minimum absolute atomic E-state index is 0.0705. The van der Waals surface area contributed by atoms with Gasteiger partial charge < -0.3 is 20.3 Å². The van der Waals surface area contributed by atoms with Crippen LogP contribution in [0.4, 0.5) is 24.7 Å². The van der Waals surface area contributed by atoms with E-state index in [-0.39, 0.29) is 12.1 Å². The smallest absolute Gasteiger partial charge is 0.406 e. The molecule has 7 nitrogen and oxygen atoms in total. The Bertz CT molecular complexity index is 753. The van der Waals surface area contributed by atoms with Crippen molar-refractivity contribution >= 4 is 17.4 Å².